The van der Waals surface area contributed by atoms with Gasteiger partial charge in [0.15, 0.2) is 0 Å². The maximum atomic E-state index is 15.5. The number of carbonyl (C=O) groups excluding carboxylic acids is 2. The number of rotatable bonds is 11. The Morgan fingerprint density at radius 1 is 1.06 bits per heavy atom. The van der Waals surface area contributed by atoms with Gasteiger partial charge < -0.3 is 15.4 Å². The monoisotopic (exact) mass is 486 g/mol. The van der Waals surface area contributed by atoms with Crippen LogP contribution < -0.4 is 10.6 Å². The van der Waals surface area contributed by atoms with Gasteiger partial charge in [0, 0.05) is 5.56 Å². The van der Waals surface area contributed by atoms with Crippen LogP contribution in [0.15, 0.2) is 37.0 Å². The van der Waals surface area contributed by atoms with Crippen molar-refractivity contribution in [3.05, 3.63) is 70.9 Å². The molecular weight excluding hydrogens is 450 g/mol. The predicted octanol–water partition coefficient (Wildman–Crippen LogP) is 5.82. The molecule has 0 aliphatic heterocycles. The number of aryl methyl sites for hydroxylation is 3. The number of amides is 1. The standard InChI is InChI=1S/C28H36F2N2O3/c1-8-31-24(10-16(3)4)28(34)32-23(15-25(33)35-9-2)22-14-20(11-19(7)27(22)30)26-17(5)12-21(29)13-18(26)6/h8,11-14,16,23-24,31H,1,9-10,15H2,2-7H3,(H,32,34)/t23-,24?/m0/s1. The zero-order valence-electron chi connectivity index (χ0n) is 21.4. The highest BCUT2D eigenvalue weighted by molar-refractivity contribution is 5.83. The average Bonchev–Trinajstić information content (AvgIpc) is 2.74. The van der Waals surface area contributed by atoms with Crippen LogP contribution in [-0.4, -0.2) is 24.5 Å². The number of ether oxygens (including phenoxy) is 1. The summed E-state index contributed by atoms with van der Waals surface area (Å²) in [5.74, 6) is -1.57. The molecule has 0 radical (unpaired) electrons. The van der Waals surface area contributed by atoms with Crippen molar-refractivity contribution in [2.24, 2.45) is 5.92 Å². The predicted molar refractivity (Wildman–Crippen MR) is 135 cm³/mol. The number of hydrogen-bond acceptors (Lipinski definition) is 4. The SMILES string of the molecule is C=CNC(CC(C)C)C(=O)N[C@@H](CC(=O)OCC)c1cc(-c2c(C)cc(F)cc2C)cc(C)c1F. The fourth-order valence-corrected chi connectivity index (χ4v) is 4.32. The fraction of sp³-hybridized carbons (Fsp3) is 0.429. The lowest BCUT2D eigenvalue weighted by molar-refractivity contribution is -0.143. The molecule has 2 rings (SSSR count). The van der Waals surface area contributed by atoms with E-state index >= 15 is 4.39 Å². The van der Waals surface area contributed by atoms with Gasteiger partial charge in [-0.1, -0.05) is 20.4 Å². The Morgan fingerprint density at radius 2 is 1.69 bits per heavy atom. The second-order valence-electron chi connectivity index (χ2n) is 9.23. The summed E-state index contributed by atoms with van der Waals surface area (Å²) in [4.78, 5) is 25.6. The molecule has 2 aromatic carbocycles. The van der Waals surface area contributed by atoms with Crippen LogP contribution in [0.1, 0.15) is 61.9 Å². The third kappa shape index (κ3) is 7.38. The first kappa shape index (κ1) is 28.0. The van der Waals surface area contributed by atoms with Crippen molar-refractivity contribution in [2.45, 2.75) is 66.5 Å². The van der Waals surface area contributed by atoms with Crippen LogP contribution in [0.2, 0.25) is 0 Å². The van der Waals surface area contributed by atoms with Crippen molar-refractivity contribution in [2.75, 3.05) is 6.61 Å². The third-order valence-corrected chi connectivity index (χ3v) is 5.78. The Kier molecular flexibility index (Phi) is 9.99. The van der Waals surface area contributed by atoms with Gasteiger partial charge in [0.2, 0.25) is 5.91 Å². The molecule has 0 saturated carbocycles. The van der Waals surface area contributed by atoms with Crippen LogP contribution in [0.3, 0.4) is 0 Å². The van der Waals surface area contributed by atoms with E-state index in [0.29, 0.717) is 28.7 Å². The van der Waals surface area contributed by atoms with Crippen LogP contribution in [0.4, 0.5) is 8.78 Å². The molecule has 5 nitrogen and oxygen atoms in total. The van der Waals surface area contributed by atoms with E-state index in [1.165, 1.54) is 18.3 Å². The molecule has 0 saturated heterocycles. The minimum atomic E-state index is -0.956. The summed E-state index contributed by atoms with van der Waals surface area (Å²) in [6, 6.07) is 4.62. The van der Waals surface area contributed by atoms with Gasteiger partial charge in [-0.05, 0) is 98.3 Å². The lowest BCUT2D eigenvalue weighted by Crippen LogP contribution is -2.45. The van der Waals surface area contributed by atoms with Crippen molar-refractivity contribution < 1.29 is 23.1 Å². The molecule has 1 amide bonds. The number of halogens is 2. The minimum Gasteiger partial charge on any atom is -0.466 e. The first-order valence-electron chi connectivity index (χ1n) is 11.9. The van der Waals surface area contributed by atoms with Crippen LogP contribution in [0, 0.1) is 38.3 Å². The smallest absolute Gasteiger partial charge is 0.308 e. The van der Waals surface area contributed by atoms with E-state index in [0.717, 1.165) is 5.56 Å². The van der Waals surface area contributed by atoms with E-state index in [-0.39, 0.29) is 36.2 Å². The van der Waals surface area contributed by atoms with E-state index in [1.54, 1.807) is 39.8 Å². The van der Waals surface area contributed by atoms with Crippen molar-refractivity contribution in [1.82, 2.24) is 10.6 Å². The molecule has 35 heavy (non-hydrogen) atoms. The molecule has 0 aromatic heterocycles. The quantitative estimate of drug-likeness (QED) is 0.393. The van der Waals surface area contributed by atoms with Gasteiger partial charge in [0.1, 0.15) is 17.7 Å². The molecule has 0 aliphatic carbocycles. The minimum absolute atomic E-state index is 0.170. The molecular formula is C28H36F2N2O3. The summed E-state index contributed by atoms with van der Waals surface area (Å²) in [6.45, 7) is 14.7. The molecule has 0 fully saturated rings. The normalized spacial score (nSPS) is 12.7. The zero-order chi connectivity index (χ0) is 26.3. The molecule has 0 spiro atoms. The van der Waals surface area contributed by atoms with E-state index in [2.05, 4.69) is 17.2 Å². The van der Waals surface area contributed by atoms with Crippen LogP contribution in [-0.2, 0) is 14.3 Å². The van der Waals surface area contributed by atoms with Crippen molar-refractivity contribution in [3.8, 4) is 11.1 Å². The molecule has 0 bridgehead atoms. The highest BCUT2D eigenvalue weighted by Crippen LogP contribution is 2.34. The van der Waals surface area contributed by atoms with Crippen molar-refractivity contribution in [1.29, 1.82) is 0 Å². The van der Waals surface area contributed by atoms with E-state index in [1.807, 2.05) is 13.8 Å². The van der Waals surface area contributed by atoms with E-state index in [9.17, 15) is 14.0 Å². The number of hydrogen-bond donors (Lipinski definition) is 2. The third-order valence-electron chi connectivity index (χ3n) is 5.78. The summed E-state index contributed by atoms with van der Waals surface area (Å²) < 4.78 is 34.5. The zero-order valence-corrected chi connectivity index (χ0v) is 21.4. The van der Waals surface area contributed by atoms with Crippen molar-refractivity contribution in [3.63, 3.8) is 0 Å². The Hall–Kier alpha value is -3.22. The highest BCUT2D eigenvalue weighted by Gasteiger charge is 2.27. The first-order chi connectivity index (χ1) is 16.5. The lowest BCUT2D eigenvalue weighted by Gasteiger charge is -2.25. The lowest BCUT2D eigenvalue weighted by atomic mass is 9.90. The Balaban J connectivity index is 2.58. The molecule has 7 heteroatoms. The maximum Gasteiger partial charge on any atom is 0.308 e. The molecule has 2 N–H and O–H groups in total. The van der Waals surface area contributed by atoms with Gasteiger partial charge in [-0.25, -0.2) is 8.78 Å². The summed E-state index contributed by atoms with van der Waals surface area (Å²) in [5.41, 5.74) is 3.40. The van der Waals surface area contributed by atoms with E-state index < -0.39 is 23.9 Å². The molecule has 1 unspecified atom stereocenters. The van der Waals surface area contributed by atoms with Gasteiger partial charge in [-0.3, -0.25) is 9.59 Å². The topological polar surface area (TPSA) is 67.4 Å². The molecule has 190 valence electrons. The number of carbonyl (C=O) groups is 2. The van der Waals surface area contributed by atoms with Gasteiger partial charge in [-0.2, -0.15) is 0 Å². The second kappa shape index (κ2) is 12.5. The molecule has 2 aromatic rings. The molecule has 0 heterocycles. The second-order valence-corrected chi connectivity index (χ2v) is 9.23. The van der Waals surface area contributed by atoms with Gasteiger partial charge in [0.05, 0.1) is 19.1 Å². The summed E-state index contributed by atoms with van der Waals surface area (Å²) in [7, 11) is 0. The highest BCUT2D eigenvalue weighted by atomic mass is 19.1. The average molecular weight is 487 g/mol. The summed E-state index contributed by atoms with van der Waals surface area (Å²) in [5, 5.41) is 5.79. The van der Waals surface area contributed by atoms with E-state index in [4.69, 9.17) is 4.74 Å². The molecule has 0 aliphatic rings. The van der Waals surface area contributed by atoms with Crippen LogP contribution in [0.25, 0.3) is 11.1 Å². The van der Waals surface area contributed by atoms with Gasteiger partial charge in [-0.15, -0.1) is 0 Å². The summed E-state index contributed by atoms with van der Waals surface area (Å²) in [6.07, 6.45) is 1.74. The summed E-state index contributed by atoms with van der Waals surface area (Å²) >= 11 is 0. The van der Waals surface area contributed by atoms with Crippen LogP contribution >= 0.6 is 0 Å². The Morgan fingerprint density at radius 3 is 2.23 bits per heavy atom. The number of benzene rings is 2. The van der Waals surface area contributed by atoms with Gasteiger partial charge in [0.25, 0.3) is 0 Å². The van der Waals surface area contributed by atoms with Gasteiger partial charge >= 0.3 is 5.97 Å². The Labute approximate surface area is 207 Å². The fourth-order valence-electron chi connectivity index (χ4n) is 4.32. The Bertz CT molecular complexity index is 1060. The van der Waals surface area contributed by atoms with Crippen molar-refractivity contribution >= 4 is 11.9 Å². The molecule has 2 atom stereocenters. The largest absolute Gasteiger partial charge is 0.466 e. The van der Waals surface area contributed by atoms with Crippen LogP contribution in [0.5, 0.6) is 0 Å². The number of nitrogens with one attached hydrogen (secondary N) is 2. The first-order valence-corrected chi connectivity index (χ1v) is 11.9. The maximum absolute atomic E-state index is 15.5. The number of esters is 1.